The third-order valence-electron chi connectivity index (χ3n) is 4.76. The van der Waals surface area contributed by atoms with Gasteiger partial charge in [-0.3, -0.25) is 9.59 Å². The molecule has 138 valence electrons. The average Bonchev–Trinajstić information content (AvgIpc) is 2.62. The Bertz CT molecular complexity index is 679. The number of carbonyl (C=O) groups excluding carboxylic acids is 2. The van der Waals surface area contributed by atoms with Crippen LogP contribution in [0.15, 0.2) is 60.7 Å². The molecule has 4 nitrogen and oxygen atoms in total. The van der Waals surface area contributed by atoms with Gasteiger partial charge in [0.1, 0.15) is 8.07 Å². The number of hydrogen-bond acceptors (Lipinski definition) is 3. The predicted molar refractivity (Wildman–Crippen MR) is 107 cm³/mol. The van der Waals surface area contributed by atoms with Crippen molar-refractivity contribution in [1.29, 1.82) is 0 Å². The lowest BCUT2D eigenvalue weighted by molar-refractivity contribution is -0.140. The first kappa shape index (κ1) is 19.9. The molecule has 0 bridgehead atoms. The van der Waals surface area contributed by atoms with Crippen molar-refractivity contribution in [3.8, 4) is 0 Å². The van der Waals surface area contributed by atoms with E-state index in [4.69, 9.17) is 4.74 Å². The zero-order valence-corrected chi connectivity index (χ0v) is 16.7. The van der Waals surface area contributed by atoms with Gasteiger partial charge in [0.05, 0.1) is 6.61 Å². The minimum absolute atomic E-state index is 0.0159. The van der Waals surface area contributed by atoms with Gasteiger partial charge in [0.2, 0.25) is 5.91 Å². The second kappa shape index (κ2) is 9.34. The molecule has 0 aliphatic carbocycles. The van der Waals surface area contributed by atoms with Crippen LogP contribution in [0.4, 0.5) is 0 Å². The maximum Gasteiger partial charge on any atom is 0.302 e. The van der Waals surface area contributed by atoms with Crippen molar-refractivity contribution >= 4 is 30.3 Å². The van der Waals surface area contributed by atoms with Crippen molar-refractivity contribution in [2.45, 2.75) is 38.9 Å². The minimum Gasteiger partial charge on any atom is -0.466 e. The quantitative estimate of drug-likeness (QED) is 0.441. The van der Waals surface area contributed by atoms with Gasteiger partial charge in [-0.25, -0.2) is 0 Å². The first-order chi connectivity index (χ1) is 12.5. The Morgan fingerprint density at radius 1 is 0.962 bits per heavy atom. The molecule has 26 heavy (non-hydrogen) atoms. The molecule has 1 unspecified atom stereocenters. The van der Waals surface area contributed by atoms with Crippen LogP contribution < -0.4 is 15.7 Å². The van der Waals surface area contributed by atoms with E-state index in [0.29, 0.717) is 6.61 Å². The molecular formula is C21H27NO3Si. The maximum atomic E-state index is 11.8. The number of benzene rings is 2. The van der Waals surface area contributed by atoms with E-state index in [1.807, 2.05) is 36.4 Å². The molecule has 0 radical (unpaired) electrons. The van der Waals surface area contributed by atoms with Crippen LogP contribution in [0.25, 0.3) is 0 Å². The van der Waals surface area contributed by atoms with Gasteiger partial charge in [0.15, 0.2) is 0 Å². The van der Waals surface area contributed by atoms with Gasteiger partial charge in [-0.05, 0) is 19.4 Å². The van der Waals surface area contributed by atoms with Gasteiger partial charge >= 0.3 is 5.97 Å². The molecule has 1 N–H and O–H groups in total. The molecule has 0 saturated heterocycles. The summed E-state index contributed by atoms with van der Waals surface area (Å²) in [7, 11) is -2.31. The highest BCUT2D eigenvalue weighted by atomic mass is 28.3. The molecule has 0 spiro atoms. The largest absolute Gasteiger partial charge is 0.466 e. The highest BCUT2D eigenvalue weighted by Gasteiger charge is 2.42. The summed E-state index contributed by atoms with van der Waals surface area (Å²) in [6.45, 7) is 5.49. The van der Waals surface area contributed by atoms with E-state index >= 15 is 0 Å². The van der Waals surface area contributed by atoms with Crippen LogP contribution >= 0.6 is 0 Å². The Kier molecular flexibility index (Phi) is 7.15. The summed E-state index contributed by atoms with van der Waals surface area (Å²) in [4.78, 5) is 22.9. The molecule has 0 fully saturated rings. The molecule has 0 heterocycles. The van der Waals surface area contributed by atoms with Crippen LogP contribution in [0, 0.1) is 0 Å². The second-order valence-corrected chi connectivity index (χ2v) is 11.0. The molecule has 0 aliphatic heterocycles. The van der Waals surface area contributed by atoms with Crippen molar-refractivity contribution in [3.63, 3.8) is 0 Å². The lowest BCUT2D eigenvalue weighted by atomic mass is 10.4. The first-order valence-corrected chi connectivity index (χ1v) is 11.3. The SMILES string of the molecule is CC(=O)NC(C)[Si](CCCOC(C)=O)(c1ccccc1)c1ccccc1. The molecule has 1 amide bonds. The Balaban J connectivity index is 2.48. The van der Waals surface area contributed by atoms with E-state index in [0.717, 1.165) is 12.5 Å². The van der Waals surface area contributed by atoms with Gasteiger partial charge < -0.3 is 10.1 Å². The van der Waals surface area contributed by atoms with Crippen LogP contribution in [-0.2, 0) is 14.3 Å². The monoisotopic (exact) mass is 369 g/mol. The number of amides is 1. The average molecular weight is 370 g/mol. The van der Waals surface area contributed by atoms with Crippen LogP contribution in [0.3, 0.4) is 0 Å². The Morgan fingerprint density at radius 2 is 1.46 bits per heavy atom. The first-order valence-electron chi connectivity index (χ1n) is 8.98. The standard InChI is InChI=1S/C21H27NO3Si/c1-17(23)22-18(2)26(16-10-15-25-19(3)24,20-11-6-4-7-12-20)21-13-8-5-9-14-21/h4-9,11-14,18H,10,15-16H2,1-3H3,(H,22,23). The summed E-state index contributed by atoms with van der Waals surface area (Å²) in [5, 5.41) is 5.69. The number of nitrogens with one attached hydrogen (secondary N) is 1. The van der Waals surface area contributed by atoms with E-state index in [1.54, 1.807) is 6.92 Å². The number of ether oxygens (including phenoxy) is 1. The highest BCUT2D eigenvalue weighted by Crippen LogP contribution is 2.19. The summed E-state index contributed by atoms with van der Waals surface area (Å²) < 4.78 is 5.17. The number of esters is 1. The molecule has 5 heteroatoms. The minimum atomic E-state index is -2.31. The van der Waals surface area contributed by atoms with Gasteiger partial charge in [-0.1, -0.05) is 71.0 Å². The van der Waals surface area contributed by atoms with E-state index in [9.17, 15) is 9.59 Å². The zero-order chi connectivity index (χ0) is 19.0. The topological polar surface area (TPSA) is 55.4 Å². The lowest BCUT2D eigenvalue weighted by Crippen LogP contribution is -2.69. The van der Waals surface area contributed by atoms with Gasteiger partial charge in [0, 0.05) is 19.5 Å². The second-order valence-electron chi connectivity index (χ2n) is 6.57. The van der Waals surface area contributed by atoms with Crippen LogP contribution in [0.5, 0.6) is 0 Å². The molecule has 0 saturated carbocycles. The fourth-order valence-electron chi connectivity index (χ4n) is 3.64. The van der Waals surface area contributed by atoms with Crippen molar-refractivity contribution in [2.75, 3.05) is 6.61 Å². The molecule has 1 atom stereocenters. The van der Waals surface area contributed by atoms with Crippen molar-refractivity contribution in [3.05, 3.63) is 60.7 Å². The number of carbonyl (C=O) groups is 2. The van der Waals surface area contributed by atoms with Crippen LogP contribution in [0.1, 0.15) is 27.2 Å². The van der Waals surface area contributed by atoms with E-state index in [1.165, 1.54) is 17.3 Å². The third kappa shape index (κ3) is 4.82. The van der Waals surface area contributed by atoms with E-state index in [-0.39, 0.29) is 17.5 Å². The fourth-order valence-corrected chi connectivity index (χ4v) is 8.71. The molecule has 0 aromatic heterocycles. The zero-order valence-electron chi connectivity index (χ0n) is 15.7. The normalized spacial score (nSPS) is 12.3. The molecule has 0 aliphatic rings. The number of hydrogen-bond donors (Lipinski definition) is 1. The van der Waals surface area contributed by atoms with Crippen LogP contribution in [-0.4, -0.2) is 32.2 Å². The Morgan fingerprint density at radius 3 is 1.88 bits per heavy atom. The third-order valence-corrected chi connectivity index (χ3v) is 10.2. The van der Waals surface area contributed by atoms with Crippen molar-refractivity contribution in [1.82, 2.24) is 5.32 Å². The maximum absolute atomic E-state index is 11.8. The van der Waals surface area contributed by atoms with Crippen LogP contribution in [0.2, 0.25) is 6.04 Å². The summed E-state index contributed by atoms with van der Waals surface area (Å²) in [5.41, 5.74) is 0.0159. The lowest BCUT2D eigenvalue weighted by Gasteiger charge is -2.38. The van der Waals surface area contributed by atoms with Crippen molar-refractivity contribution in [2.24, 2.45) is 0 Å². The Hall–Kier alpha value is -2.40. The fraction of sp³-hybridized carbons (Fsp3) is 0.333. The number of rotatable bonds is 8. The summed E-state index contributed by atoms with van der Waals surface area (Å²) in [6, 6.07) is 21.7. The van der Waals surface area contributed by atoms with E-state index < -0.39 is 8.07 Å². The molecular weight excluding hydrogens is 342 g/mol. The van der Waals surface area contributed by atoms with Gasteiger partial charge in [-0.15, -0.1) is 0 Å². The molecule has 2 rings (SSSR count). The predicted octanol–water partition coefficient (Wildman–Crippen LogP) is 2.27. The highest BCUT2D eigenvalue weighted by molar-refractivity contribution is 7.03. The van der Waals surface area contributed by atoms with Gasteiger partial charge in [-0.2, -0.15) is 0 Å². The van der Waals surface area contributed by atoms with Gasteiger partial charge in [0.25, 0.3) is 0 Å². The molecule has 2 aromatic carbocycles. The Labute approximate surface area is 156 Å². The summed E-state index contributed by atoms with van der Waals surface area (Å²) in [5.74, 6) is -0.284. The van der Waals surface area contributed by atoms with E-state index in [2.05, 4.69) is 36.5 Å². The molecule has 2 aromatic rings. The summed E-state index contributed by atoms with van der Waals surface area (Å²) >= 11 is 0. The smallest absolute Gasteiger partial charge is 0.302 e. The summed E-state index contributed by atoms with van der Waals surface area (Å²) in [6.07, 6.45) is 0.763. The van der Waals surface area contributed by atoms with Crippen molar-refractivity contribution < 1.29 is 14.3 Å².